The van der Waals surface area contributed by atoms with Crippen molar-refractivity contribution < 1.29 is 19.4 Å². The van der Waals surface area contributed by atoms with Crippen LogP contribution in [0.2, 0.25) is 0 Å². The van der Waals surface area contributed by atoms with E-state index >= 15 is 0 Å². The van der Waals surface area contributed by atoms with E-state index in [1.807, 2.05) is 6.08 Å². The number of allylic oxidation sites excluding steroid dienone is 4. The van der Waals surface area contributed by atoms with Gasteiger partial charge in [-0.3, -0.25) is 4.90 Å². The molecule has 1 aromatic rings. The zero-order valence-corrected chi connectivity index (χ0v) is 19.3. The fourth-order valence-corrected chi connectivity index (χ4v) is 5.31. The minimum absolute atomic E-state index is 0.0276. The Balaban J connectivity index is 1.63. The molecule has 2 atom stereocenters. The quantitative estimate of drug-likeness (QED) is 0.307. The highest BCUT2D eigenvalue weighted by Gasteiger charge is 2.35. The lowest BCUT2D eigenvalue weighted by molar-refractivity contribution is 0.170. The molecule has 0 saturated heterocycles. The van der Waals surface area contributed by atoms with Crippen LogP contribution in [0, 0.1) is 11.3 Å². The lowest BCUT2D eigenvalue weighted by Crippen LogP contribution is -2.34. The third kappa shape index (κ3) is 4.05. The van der Waals surface area contributed by atoms with Gasteiger partial charge in [-0.25, -0.2) is 0 Å². The van der Waals surface area contributed by atoms with E-state index in [0.717, 1.165) is 42.9 Å². The van der Waals surface area contributed by atoms with E-state index < -0.39 is 0 Å². The molecule has 0 spiro atoms. The van der Waals surface area contributed by atoms with Crippen molar-refractivity contribution >= 4 is 5.71 Å². The van der Waals surface area contributed by atoms with Gasteiger partial charge in [0, 0.05) is 30.5 Å². The molecular formula is C25H34N2O4. The summed E-state index contributed by atoms with van der Waals surface area (Å²) in [5, 5.41) is 13.5. The summed E-state index contributed by atoms with van der Waals surface area (Å²) in [7, 11) is 3.78. The summed E-state index contributed by atoms with van der Waals surface area (Å²) in [5.74, 6) is 2.49. The molecule has 0 saturated carbocycles. The predicted octanol–water partition coefficient (Wildman–Crippen LogP) is 5.11. The summed E-state index contributed by atoms with van der Waals surface area (Å²) in [6.07, 6.45) is 10.3. The largest absolute Gasteiger partial charge is 0.492 e. The van der Waals surface area contributed by atoms with Crippen molar-refractivity contribution in [1.29, 1.82) is 0 Å². The lowest BCUT2D eigenvalue weighted by Gasteiger charge is -2.37. The van der Waals surface area contributed by atoms with Gasteiger partial charge in [-0.2, -0.15) is 0 Å². The van der Waals surface area contributed by atoms with Crippen molar-refractivity contribution in [2.75, 3.05) is 27.5 Å². The Morgan fingerprint density at radius 1 is 1.39 bits per heavy atom. The molecule has 0 radical (unpaired) electrons. The molecule has 0 bridgehead atoms. The highest BCUT2D eigenvalue weighted by atomic mass is 16.7. The van der Waals surface area contributed by atoms with E-state index in [9.17, 15) is 5.21 Å². The van der Waals surface area contributed by atoms with Crippen LogP contribution < -0.4 is 14.2 Å². The number of fused-ring (bicyclic) bond motifs is 2. The molecule has 0 amide bonds. The van der Waals surface area contributed by atoms with Gasteiger partial charge in [0.15, 0.2) is 11.5 Å². The summed E-state index contributed by atoms with van der Waals surface area (Å²) in [5.41, 5.74) is 4.56. The molecule has 2 aliphatic heterocycles. The first-order valence-corrected chi connectivity index (χ1v) is 11.1. The topological polar surface area (TPSA) is 63.5 Å². The third-order valence-electron chi connectivity index (χ3n) is 7.15. The molecule has 1 aromatic carbocycles. The molecule has 4 rings (SSSR count). The second-order valence-electron chi connectivity index (χ2n) is 9.57. The normalized spacial score (nSPS) is 25.5. The Hall–Kier alpha value is -2.47. The molecule has 6 heteroatoms. The van der Waals surface area contributed by atoms with Crippen molar-refractivity contribution in [2.24, 2.45) is 16.5 Å². The number of oxime groups is 1. The fraction of sp³-hybridized carbons (Fsp3) is 0.560. The first kappa shape index (κ1) is 21.8. The SMILES string of the molecule is COc1c2c(cc3c1[C@@H](CC(C=C[C@H]1C(C)=CCCC1(C)C)=NO)N(C)CC3)OCO2. The first-order valence-electron chi connectivity index (χ1n) is 11.1. The van der Waals surface area contributed by atoms with Crippen LogP contribution in [0.25, 0.3) is 0 Å². The molecule has 0 unspecified atom stereocenters. The zero-order chi connectivity index (χ0) is 22.2. The average Bonchev–Trinajstić information content (AvgIpc) is 3.20. The van der Waals surface area contributed by atoms with Gasteiger partial charge in [0.25, 0.3) is 0 Å². The van der Waals surface area contributed by atoms with E-state index in [0.29, 0.717) is 23.8 Å². The van der Waals surface area contributed by atoms with Crippen molar-refractivity contribution in [3.8, 4) is 17.2 Å². The van der Waals surface area contributed by atoms with Crippen LogP contribution in [0.15, 0.2) is 35.0 Å². The molecule has 31 heavy (non-hydrogen) atoms. The van der Waals surface area contributed by atoms with Gasteiger partial charge in [-0.05, 0) is 56.4 Å². The molecule has 3 aliphatic rings. The van der Waals surface area contributed by atoms with Gasteiger partial charge < -0.3 is 19.4 Å². The molecular weight excluding hydrogens is 392 g/mol. The average molecular weight is 427 g/mol. The van der Waals surface area contributed by atoms with E-state index in [1.165, 1.54) is 11.1 Å². The second kappa shape index (κ2) is 8.58. The van der Waals surface area contributed by atoms with E-state index in [2.05, 4.69) is 56.1 Å². The smallest absolute Gasteiger partial charge is 0.231 e. The second-order valence-corrected chi connectivity index (χ2v) is 9.57. The fourth-order valence-electron chi connectivity index (χ4n) is 5.31. The minimum atomic E-state index is 0.0276. The molecule has 1 N–H and O–H groups in total. The van der Waals surface area contributed by atoms with Crippen LogP contribution in [0.5, 0.6) is 17.2 Å². The van der Waals surface area contributed by atoms with Crippen LogP contribution in [0.3, 0.4) is 0 Å². The Bertz CT molecular complexity index is 932. The first-order chi connectivity index (χ1) is 14.9. The number of nitrogens with zero attached hydrogens (tertiary/aromatic N) is 2. The van der Waals surface area contributed by atoms with Crippen molar-refractivity contribution in [2.45, 2.75) is 52.5 Å². The number of likely N-dealkylation sites (N-methyl/N-ethyl adjacent to an activating group) is 1. The van der Waals surface area contributed by atoms with Gasteiger partial charge >= 0.3 is 0 Å². The molecule has 0 fully saturated rings. The Kier molecular flexibility index (Phi) is 6.02. The van der Waals surface area contributed by atoms with Crippen molar-refractivity contribution in [3.05, 3.63) is 41.0 Å². The summed E-state index contributed by atoms with van der Waals surface area (Å²) < 4.78 is 17.1. The standard InChI is InChI=1S/C25H34N2O4/c1-16-7-6-11-25(2,3)19(16)9-8-18(26-28)14-20-22-17(10-12-27(20)4)13-21-23(24(22)29-5)31-15-30-21/h7-9,13,19-20,28H,6,10-12,14-15H2,1-5H3/t19-,20+/m0/s1. The summed E-state index contributed by atoms with van der Waals surface area (Å²) in [6.45, 7) is 7.95. The molecule has 2 heterocycles. The van der Waals surface area contributed by atoms with Crippen LogP contribution in [-0.2, 0) is 6.42 Å². The predicted molar refractivity (Wildman–Crippen MR) is 121 cm³/mol. The van der Waals surface area contributed by atoms with Crippen LogP contribution >= 0.6 is 0 Å². The summed E-state index contributed by atoms with van der Waals surface area (Å²) >= 11 is 0. The summed E-state index contributed by atoms with van der Waals surface area (Å²) in [4.78, 5) is 2.29. The van der Waals surface area contributed by atoms with E-state index in [-0.39, 0.29) is 18.2 Å². The highest BCUT2D eigenvalue weighted by Crippen LogP contribution is 2.50. The zero-order valence-electron chi connectivity index (χ0n) is 19.3. The van der Waals surface area contributed by atoms with Crippen LogP contribution in [0.1, 0.15) is 57.2 Å². The highest BCUT2D eigenvalue weighted by molar-refractivity contribution is 5.95. The third-order valence-corrected chi connectivity index (χ3v) is 7.15. The number of methoxy groups -OCH3 is 1. The number of benzene rings is 1. The monoisotopic (exact) mass is 426 g/mol. The van der Waals surface area contributed by atoms with Crippen LogP contribution in [0.4, 0.5) is 0 Å². The summed E-state index contributed by atoms with van der Waals surface area (Å²) in [6, 6.07) is 2.10. The van der Waals surface area contributed by atoms with Crippen molar-refractivity contribution in [3.63, 3.8) is 0 Å². The van der Waals surface area contributed by atoms with Gasteiger partial charge in [0.05, 0.1) is 12.8 Å². The maximum Gasteiger partial charge on any atom is 0.231 e. The molecule has 0 aromatic heterocycles. The molecule has 1 aliphatic carbocycles. The lowest BCUT2D eigenvalue weighted by atomic mass is 9.68. The van der Waals surface area contributed by atoms with Gasteiger partial charge in [-0.15, -0.1) is 0 Å². The van der Waals surface area contributed by atoms with Crippen molar-refractivity contribution in [1.82, 2.24) is 4.90 Å². The Morgan fingerprint density at radius 2 is 2.19 bits per heavy atom. The molecule has 6 nitrogen and oxygen atoms in total. The number of rotatable bonds is 5. The number of hydrogen-bond donors (Lipinski definition) is 1. The Labute approximate surface area is 185 Å². The van der Waals surface area contributed by atoms with E-state index in [1.54, 1.807) is 7.11 Å². The van der Waals surface area contributed by atoms with Gasteiger partial charge in [0.2, 0.25) is 12.5 Å². The number of ether oxygens (including phenoxy) is 3. The number of hydrogen-bond acceptors (Lipinski definition) is 6. The maximum absolute atomic E-state index is 9.83. The maximum atomic E-state index is 9.83. The Morgan fingerprint density at radius 3 is 2.90 bits per heavy atom. The van der Waals surface area contributed by atoms with E-state index in [4.69, 9.17) is 14.2 Å². The van der Waals surface area contributed by atoms with Gasteiger partial charge in [-0.1, -0.05) is 36.7 Å². The van der Waals surface area contributed by atoms with Gasteiger partial charge in [0.1, 0.15) is 0 Å². The minimum Gasteiger partial charge on any atom is -0.492 e. The molecule has 168 valence electrons. The van der Waals surface area contributed by atoms with Crippen LogP contribution in [-0.4, -0.2) is 43.3 Å².